The smallest absolute Gasteiger partial charge is 0.261 e. The standard InChI is InChI=1S/C26H22ClN3O2/c1-16-8-6-9-17(2)24(16)29-26(32)23-22(31)14-18(3)30(21-12-5-4-11-20(21)27)25(23)19-10-7-13-28-15-19/h4-15H,1-3H3,(H,29,32). The number of hydrogen-bond donors (Lipinski definition) is 1. The highest BCUT2D eigenvalue weighted by atomic mass is 35.5. The van der Waals surface area contributed by atoms with Crippen LogP contribution >= 0.6 is 11.6 Å². The van der Waals surface area contributed by atoms with Crippen LogP contribution in [-0.4, -0.2) is 15.5 Å². The van der Waals surface area contributed by atoms with Gasteiger partial charge >= 0.3 is 0 Å². The number of halogens is 1. The van der Waals surface area contributed by atoms with Gasteiger partial charge in [-0.2, -0.15) is 0 Å². The van der Waals surface area contributed by atoms with Crippen molar-refractivity contribution in [2.24, 2.45) is 0 Å². The maximum absolute atomic E-state index is 13.5. The number of carbonyl (C=O) groups excluding carboxylic acids is 1. The van der Waals surface area contributed by atoms with E-state index in [4.69, 9.17) is 11.6 Å². The summed E-state index contributed by atoms with van der Waals surface area (Å²) in [4.78, 5) is 30.9. The van der Waals surface area contributed by atoms with E-state index in [9.17, 15) is 9.59 Å². The highest BCUT2D eigenvalue weighted by Gasteiger charge is 2.24. The van der Waals surface area contributed by atoms with Crippen LogP contribution in [0.3, 0.4) is 0 Å². The highest BCUT2D eigenvalue weighted by molar-refractivity contribution is 6.32. The molecule has 1 N–H and O–H groups in total. The van der Waals surface area contributed by atoms with E-state index < -0.39 is 5.91 Å². The number of para-hydroxylation sites is 2. The minimum Gasteiger partial charge on any atom is -0.321 e. The maximum atomic E-state index is 13.5. The minimum absolute atomic E-state index is 0.0335. The number of nitrogens with one attached hydrogen (secondary N) is 1. The summed E-state index contributed by atoms with van der Waals surface area (Å²) in [5, 5.41) is 3.46. The van der Waals surface area contributed by atoms with E-state index in [0.717, 1.165) is 11.1 Å². The van der Waals surface area contributed by atoms with Crippen molar-refractivity contribution in [3.05, 3.63) is 111 Å². The van der Waals surface area contributed by atoms with Gasteiger partial charge in [0.05, 0.1) is 16.4 Å². The summed E-state index contributed by atoms with van der Waals surface area (Å²) in [6.07, 6.45) is 3.28. The zero-order valence-electron chi connectivity index (χ0n) is 18.0. The molecule has 0 fully saturated rings. The number of aromatic nitrogens is 2. The zero-order chi connectivity index (χ0) is 22.8. The molecule has 32 heavy (non-hydrogen) atoms. The molecule has 0 spiro atoms. The number of pyridine rings is 2. The van der Waals surface area contributed by atoms with E-state index in [2.05, 4.69) is 10.3 Å². The Morgan fingerprint density at radius 3 is 2.34 bits per heavy atom. The van der Waals surface area contributed by atoms with Gasteiger partial charge < -0.3 is 9.88 Å². The fourth-order valence-corrected chi connectivity index (χ4v) is 4.08. The third-order valence-electron chi connectivity index (χ3n) is 5.37. The molecule has 6 heteroatoms. The lowest BCUT2D eigenvalue weighted by molar-refractivity contribution is 0.102. The number of anilines is 1. The topological polar surface area (TPSA) is 64.0 Å². The Labute approximate surface area is 191 Å². The Morgan fingerprint density at radius 1 is 0.969 bits per heavy atom. The Kier molecular flexibility index (Phi) is 5.93. The molecule has 0 saturated carbocycles. The summed E-state index contributed by atoms with van der Waals surface area (Å²) >= 11 is 6.52. The summed E-state index contributed by atoms with van der Waals surface area (Å²) in [5.41, 5.74) is 4.61. The SMILES string of the molecule is Cc1cccc(C)c1NC(=O)c1c(-c2cccnc2)n(-c2ccccc2Cl)c(C)cc1=O. The van der Waals surface area contributed by atoms with Crippen molar-refractivity contribution in [1.82, 2.24) is 9.55 Å². The lowest BCUT2D eigenvalue weighted by Crippen LogP contribution is -2.26. The van der Waals surface area contributed by atoms with Crippen molar-refractivity contribution in [3.63, 3.8) is 0 Å². The molecule has 0 radical (unpaired) electrons. The van der Waals surface area contributed by atoms with Crippen LogP contribution in [0.25, 0.3) is 16.9 Å². The summed E-state index contributed by atoms with van der Waals surface area (Å²) < 4.78 is 1.83. The second-order valence-electron chi connectivity index (χ2n) is 7.62. The molecule has 5 nitrogen and oxygen atoms in total. The van der Waals surface area contributed by atoms with Crippen LogP contribution in [0.15, 0.2) is 77.9 Å². The van der Waals surface area contributed by atoms with Gasteiger partial charge in [0.2, 0.25) is 0 Å². The molecule has 0 atom stereocenters. The summed E-state index contributed by atoms with van der Waals surface area (Å²) in [7, 11) is 0. The van der Waals surface area contributed by atoms with Crippen LogP contribution in [0.2, 0.25) is 5.02 Å². The van der Waals surface area contributed by atoms with Crippen molar-refractivity contribution in [2.45, 2.75) is 20.8 Å². The number of carbonyl (C=O) groups is 1. The molecule has 0 aliphatic carbocycles. The van der Waals surface area contributed by atoms with Gasteiger partial charge in [-0.1, -0.05) is 41.9 Å². The highest BCUT2D eigenvalue weighted by Crippen LogP contribution is 2.31. The quantitative estimate of drug-likeness (QED) is 0.438. The Morgan fingerprint density at radius 2 is 1.69 bits per heavy atom. The summed E-state index contributed by atoms with van der Waals surface area (Å²) in [6, 6.07) is 18.1. The number of hydrogen-bond acceptors (Lipinski definition) is 3. The number of nitrogens with zero attached hydrogens (tertiary/aromatic N) is 2. The molecule has 0 aliphatic heterocycles. The molecule has 0 unspecified atom stereocenters. The van der Waals surface area contributed by atoms with E-state index >= 15 is 0 Å². The maximum Gasteiger partial charge on any atom is 0.261 e. The van der Waals surface area contributed by atoms with Crippen LogP contribution in [0.5, 0.6) is 0 Å². The third kappa shape index (κ3) is 3.95. The Bertz CT molecular complexity index is 1360. The van der Waals surface area contributed by atoms with E-state index in [0.29, 0.717) is 33.3 Å². The largest absolute Gasteiger partial charge is 0.321 e. The van der Waals surface area contributed by atoms with Crippen molar-refractivity contribution < 1.29 is 4.79 Å². The summed E-state index contributed by atoms with van der Waals surface area (Å²) in [5.74, 6) is -0.480. The first-order valence-electron chi connectivity index (χ1n) is 10.2. The molecule has 2 aromatic carbocycles. The number of amides is 1. The second-order valence-corrected chi connectivity index (χ2v) is 8.03. The van der Waals surface area contributed by atoms with Crippen molar-refractivity contribution in [3.8, 4) is 16.9 Å². The van der Waals surface area contributed by atoms with Crippen LogP contribution in [0.4, 0.5) is 5.69 Å². The molecule has 0 bridgehead atoms. The molecule has 0 aliphatic rings. The van der Waals surface area contributed by atoms with Crippen LogP contribution in [0.1, 0.15) is 27.2 Å². The van der Waals surface area contributed by atoms with E-state index in [1.165, 1.54) is 6.07 Å². The van der Waals surface area contributed by atoms with Crippen molar-refractivity contribution in [2.75, 3.05) is 5.32 Å². The zero-order valence-corrected chi connectivity index (χ0v) is 18.8. The molecular formula is C26H22ClN3O2. The molecule has 2 heterocycles. The van der Waals surface area contributed by atoms with Crippen molar-refractivity contribution >= 4 is 23.2 Å². The molecule has 1 amide bonds. The lowest BCUT2D eigenvalue weighted by atomic mass is 10.0. The fourth-order valence-electron chi connectivity index (χ4n) is 3.86. The predicted octanol–water partition coefficient (Wildman–Crippen LogP) is 5.73. The normalized spacial score (nSPS) is 10.8. The predicted molar refractivity (Wildman–Crippen MR) is 129 cm³/mol. The first-order valence-corrected chi connectivity index (χ1v) is 10.6. The average molecular weight is 444 g/mol. The monoisotopic (exact) mass is 443 g/mol. The average Bonchev–Trinajstić information content (AvgIpc) is 2.77. The minimum atomic E-state index is -0.480. The van der Waals surface area contributed by atoms with E-state index in [1.807, 2.05) is 67.8 Å². The lowest BCUT2D eigenvalue weighted by Gasteiger charge is -2.21. The molecule has 0 saturated heterocycles. The molecular weight excluding hydrogens is 422 g/mol. The number of aryl methyl sites for hydroxylation is 3. The van der Waals surface area contributed by atoms with Gasteiger partial charge in [0.25, 0.3) is 5.91 Å². The molecule has 4 aromatic rings. The van der Waals surface area contributed by atoms with E-state index in [-0.39, 0.29) is 11.0 Å². The van der Waals surface area contributed by atoms with Gasteiger partial charge in [0, 0.05) is 35.4 Å². The number of benzene rings is 2. The van der Waals surface area contributed by atoms with Crippen LogP contribution in [0, 0.1) is 20.8 Å². The van der Waals surface area contributed by atoms with Gasteiger partial charge in [-0.15, -0.1) is 0 Å². The van der Waals surface area contributed by atoms with Gasteiger partial charge in [-0.3, -0.25) is 14.6 Å². The fraction of sp³-hybridized carbons (Fsp3) is 0.115. The van der Waals surface area contributed by atoms with Gasteiger partial charge in [-0.25, -0.2) is 0 Å². The van der Waals surface area contributed by atoms with Crippen molar-refractivity contribution in [1.29, 1.82) is 0 Å². The first kappa shape index (κ1) is 21.5. The van der Waals surface area contributed by atoms with E-state index in [1.54, 1.807) is 24.5 Å². The molecule has 4 rings (SSSR count). The van der Waals surface area contributed by atoms with Gasteiger partial charge in [0.1, 0.15) is 5.56 Å². The second kappa shape index (κ2) is 8.81. The third-order valence-corrected chi connectivity index (χ3v) is 5.69. The first-order chi connectivity index (χ1) is 15.4. The summed E-state index contributed by atoms with van der Waals surface area (Å²) in [6.45, 7) is 5.65. The Hall–Kier alpha value is -3.70. The number of rotatable bonds is 4. The van der Waals surface area contributed by atoms with Crippen LogP contribution in [-0.2, 0) is 0 Å². The van der Waals surface area contributed by atoms with Gasteiger partial charge in [0.15, 0.2) is 5.43 Å². The molecule has 2 aromatic heterocycles. The molecule has 160 valence electrons. The van der Waals surface area contributed by atoms with Crippen LogP contribution < -0.4 is 10.7 Å². The van der Waals surface area contributed by atoms with Gasteiger partial charge in [-0.05, 0) is 56.2 Å². The Balaban J connectivity index is 2.01.